The molecule has 0 amide bonds. The van der Waals surface area contributed by atoms with Crippen LogP contribution in [0.1, 0.15) is 39.2 Å². The first kappa shape index (κ1) is 18.2. The van der Waals surface area contributed by atoms with Crippen LogP contribution in [0.15, 0.2) is 23.7 Å². The summed E-state index contributed by atoms with van der Waals surface area (Å²) in [6, 6.07) is 0.473. The average Bonchev–Trinajstić information content (AvgIpc) is 3.14. The molecule has 140 valence electrons. The maximum atomic E-state index is 5.02. The lowest BCUT2D eigenvalue weighted by atomic mass is 9.93. The van der Waals surface area contributed by atoms with E-state index in [-0.39, 0.29) is 0 Å². The van der Waals surface area contributed by atoms with Crippen molar-refractivity contribution in [2.24, 2.45) is 16.8 Å². The molecule has 2 fully saturated rings. The van der Waals surface area contributed by atoms with Crippen molar-refractivity contribution in [1.82, 2.24) is 24.7 Å². The first-order valence-corrected chi connectivity index (χ1v) is 9.86. The third-order valence-electron chi connectivity index (χ3n) is 5.68. The van der Waals surface area contributed by atoms with Gasteiger partial charge >= 0.3 is 0 Å². The number of aromatic nitrogens is 2. The SMILES string of the molecule is CCNC(=NCC1CCCN(C)C1)N1CCC(C)C(n2ccnc2)C1. The minimum atomic E-state index is 0.473. The number of aliphatic imine (C=N–C) groups is 1. The van der Waals surface area contributed by atoms with Gasteiger partial charge in [0.2, 0.25) is 0 Å². The fourth-order valence-electron chi connectivity index (χ4n) is 4.16. The number of nitrogens with zero attached hydrogens (tertiary/aromatic N) is 5. The maximum Gasteiger partial charge on any atom is 0.193 e. The Balaban J connectivity index is 1.65. The highest BCUT2D eigenvalue weighted by molar-refractivity contribution is 5.80. The third-order valence-corrected chi connectivity index (χ3v) is 5.68. The molecule has 6 nitrogen and oxygen atoms in total. The van der Waals surface area contributed by atoms with Crippen molar-refractivity contribution in [2.75, 3.05) is 46.3 Å². The second-order valence-corrected chi connectivity index (χ2v) is 7.75. The van der Waals surface area contributed by atoms with E-state index >= 15 is 0 Å². The van der Waals surface area contributed by atoms with Crippen LogP contribution in [-0.2, 0) is 0 Å². The average molecular weight is 347 g/mol. The summed E-state index contributed by atoms with van der Waals surface area (Å²) in [5.74, 6) is 2.45. The molecule has 25 heavy (non-hydrogen) atoms. The molecule has 0 bridgehead atoms. The van der Waals surface area contributed by atoms with E-state index in [0.29, 0.717) is 17.9 Å². The van der Waals surface area contributed by atoms with Crippen molar-refractivity contribution < 1.29 is 0 Å². The Labute approximate surface area is 152 Å². The Morgan fingerprint density at radius 1 is 1.28 bits per heavy atom. The van der Waals surface area contributed by atoms with Crippen LogP contribution in [0.25, 0.3) is 0 Å². The molecule has 0 aromatic carbocycles. The number of imidazole rings is 1. The first-order valence-electron chi connectivity index (χ1n) is 9.86. The van der Waals surface area contributed by atoms with Crippen LogP contribution in [0.3, 0.4) is 0 Å². The van der Waals surface area contributed by atoms with Gasteiger partial charge in [-0.2, -0.15) is 0 Å². The fraction of sp³-hybridized carbons (Fsp3) is 0.789. The van der Waals surface area contributed by atoms with E-state index < -0.39 is 0 Å². The fourth-order valence-corrected chi connectivity index (χ4v) is 4.16. The second-order valence-electron chi connectivity index (χ2n) is 7.75. The lowest BCUT2D eigenvalue weighted by Gasteiger charge is -2.39. The quantitative estimate of drug-likeness (QED) is 0.670. The Kier molecular flexibility index (Phi) is 6.34. The molecule has 3 rings (SSSR count). The van der Waals surface area contributed by atoms with Crippen LogP contribution in [0, 0.1) is 11.8 Å². The van der Waals surface area contributed by atoms with Gasteiger partial charge in [-0.05, 0) is 51.6 Å². The highest BCUT2D eigenvalue weighted by atomic mass is 15.3. The molecule has 3 unspecified atom stereocenters. The monoisotopic (exact) mass is 346 g/mol. The summed E-state index contributed by atoms with van der Waals surface area (Å²) >= 11 is 0. The molecule has 6 heteroatoms. The number of nitrogens with one attached hydrogen (secondary N) is 1. The molecule has 0 saturated carbocycles. The molecule has 0 spiro atoms. The molecule has 3 atom stereocenters. The zero-order chi connectivity index (χ0) is 17.6. The van der Waals surface area contributed by atoms with Crippen molar-refractivity contribution in [1.29, 1.82) is 0 Å². The highest BCUT2D eigenvalue weighted by Crippen LogP contribution is 2.27. The minimum absolute atomic E-state index is 0.473. The summed E-state index contributed by atoms with van der Waals surface area (Å²) in [4.78, 5) is 14.1. The molecule has 1 aromatic heterocycles. The Hall–Kier alpha value is -1.56. The predicted octanol–water partition coefficient (Wildman–Crippen LogP) is 2.07. The molecule has 1 aromatic rings. The summed E-state index contributed by atoms with van der Waals surface area (Å²) in [6.07, 6.45) is 9.72. The van der Waals surface area contributed by atoms with Gasteiger partial charge in [-0.1, -0.05) is 6.92 Å². The van der Waals surface area contributed by atoms with E-state index in [4.69, 9.17) is 4.99 Å². The van der Waals surface area contributed by atoms with Crippen LogP contribution in [0.2, 0.25) is 0 Å². The maximum absolute atomic E-state index is 5.02. The van der Waals surface area contributed by atoms with Gasteiger partial charge in [0, 0.05) is 45.1 Å². The number of likely N-dealkylation sites (tertiary alicyclic amines) is 2. The standard InChI is InChI=1S/C19H34N6/c1-4-21-19(22-12-17-6-5-9-23(3)13-17)24-10-7-16(2)18(14-24)25-11-8-20-15-25/h8,11,15-18H,4-7,9-10,12-14H2,1-3H3,(H,21,22). The normalized spacial score (nSPS) is 29.0. The molecule has 1 N–H and O–H groups in total. The van der Waals surface area contributed by atoms with Crippen LogP contribution in [0.5, 0.6) is 0 Å². The van der Waals surface area contributed by atoms with Crippen molar-refractivity contribution >= 4 is 5.96 Å². The van der Waals surface area contributed by atoms with Gasteiger partial charge in [0.05, 0.1) is 12.4 Å². The topological polar surface area (TPSA) is 48.7 Å². The molecule has 2 aliphatic heterocycles. The number of guanidine groups is 1. The van der Waals surface area contributed by atoms with Crippen LogP contribution < -0.4 is 5.32 Å². The molecular weight excluding hydrogens is 312 g/mol. The summed E-state index contributed by atoms with van der Waals surface area (Å²) < 4.78 is 2.26. The van der Waals surface area contributed by atoms with Crippen molar-refractivity contribution in [2.45, 2.75) is 39.2 Å². The van der Waals surface area contributed by atoms with E-state index in [0.717, 1.165) is 32.1 Å². The number of piperidine rings is 2. The van der Waals surface area contributed by atoms with E-state index in [1.165, 1.54) is 32.4 Å². The van der Waals surface area contributed by atoms with Gasteiger partial charge in [-0.25, -0.2) is 4.98 Å². The molecule has 2 aliphatic rings. The number of rotatable bonds is 4. The van der Waals surface area contributed by atoms with E-state index in [1.54, 1.807) is 0 Å². The van der Waals surface area contributed by atoms with Gasteiger partial charge in [0.25, 0.3) is 0 Å². The predicted molar refractivity (Wildman–Crippen MR) is 103 cm³/mol. The first-order chi connectivity index (χ1) is 12.2. The summed E-state index contributed by atoms with van der Waals surface area (Å²) in [5, 5.41) is 3.52. The van der Waals surface area contributed by atoms with Crippen molar-refractivity contribution in [3.05, 3.63) is 18.7 Å². The number of hydrogen-bond acceptors (Lipinski definition) is 3. The van der Waals surface area contributed by atoms with Gasteiger partial charge in [0.15, 0.2) is 5.96 Å². The molecular formula is C19H34N6. The molecule has 2 saturated heterocycles. The zero-order valence-corrected chi connectivity index (χ0v) is 16.1. The number of hydrogen-bond donors (Lipinski definition) is 1. The lowest BCUT2D eigenvalue weighted by Crippen LogP contribution is -2.49. The Morgan fingerprint density at radius 2 is 2.16 bits per heavy atom. The molecule has 3 heterocycles. The molecule has 0 aliphatic carbocycles. The molecule has 0 radical (unpaired) electrons. The van der Waals surface area contributed by atoms with Gasteiger partial charge in [0.1, 0.15) is 0 Å². The largest absolute Gasteiger partial charge is 0.357 e. The van der Waals surface area contributed by atoms with E-state index in [9.17, 15) is 0 Å². The smallest absolute Gasteiger partial charge is 0.193 e. The van der Waals surface area contributed by atoms with Crippen LogP contribution in [0.4, 0.5) is 0 Å². The lowest BCUT2D eigenvalue weighted by molar-refractivity contribution is 0.187. The van der Waals surface area contributed by atoms with Crippen LogP contribution >= 0.6 is 0 Å². The second kappa shape index (κ2) is 8.70. The van der Waals surface area contributed by atoms with Crippen molar-refractivity contribution in [3.8, 4) is 0 Å². The van der Waals surface area contributed by atoms with Gasteiger partial charge in [-0.15, -0.1) is 0 Å². The van der Waals surface area contributed by atoms with Gasteiger partial charge < -0.3 is 19.7 Å². The van der Waals surface area contributed by atoms with Crippen LogP contribution in [-0.4, -0.2) is 71.6 Å². The van der Waals surface area contributed by atoms with E-state index in [1.807, 2.05) is 12.5 Å². The summed E-state index contributed by atoms with van der Waals surface area (Å²) in [5.41, 5.74) is 0. The summed E-state index contributed by atoms with van der Waals surface area (Å²) in [6.45, 7) is 10.9. The van der Waals surface area contributed by atoms with Crippen molar-refractivity contribution in [3.63, 3.8) is 0 Å². The third kappa shape index (κ3) is 4.75. The van der Waals surface area contributed by atoms with Gasteiger partial charge in [-0.3, -0.25) is 4.99 Å². The zero-order valence-electron chi connectivity index (χ0n) is 16.1. The minimum Gasteiger partial charge on any atom is -0.357 e. The summed E-state index contributed by atoms with van der Waals surface area (Å²) in [7, 11) is 2.23. The highest BCUT2D eigenvalue weighted by Gasteiger charge is 2.29. The Bertz CT molecular complexity index is 540. The Morgan fingerprint density at radius 3 is 2.88 bits per heavy atom. The van der Waals surface area contributed by atoms with E-state index in [2.05, 4.69) is 51.8 Å².